The highest BCUT2D eigenvalue weighted by molar-refractivity contribution is 7.99. The first-order valence-corrected chi connectivity index (χ1v) is 7.66. The van der Waals surface area contributed by atoms with E-state index in [4.69, 9.17) is 5.73 Å². The van der Waals surface area contributed by atoms with Crippen molar-refractivity contribution in [2.24, 2.45) is 5.73 Å². The highest BCUT2D eigenvalue weighted by atomic mass is 32.2. The van der Waals surface area contributed by atoms with Crippen LogP contribution in [-0.2, 0) is 0 Å². The van der Waals surface area contributed by atoms with Gasteiger partial charge in [-0.2, -0.15) is 0 Å². The van der Waals surface area contributed by atoms with Crippen LogP contribution in [0.4, 0.5) is 0 Å². The van der Waals surface area contributed by atoms with Crippen LogP contribution in [0.3, 0.4) is 0 Å². The fourth-order valence-corrected chi connectivity index (χ4v) is 2.90. The van der Waals surface area contributed by atoms with Crippen molar-refractivity contribution >= 4 is 11.8 Å². The van der Waals surface area contributed by atoms with Gasteiger partial charge in [0.2, 0.25) is 0 Å². The molecule has 0 bridgehead atoms. The Hall–Kier alpha value is -1.32. The SMILES string of the molecule is CCSc1ccc(C(CCN)c2cccnc2)cc1. The third-order valence-electron chi connectivity index (χ3n) is 3.14. The zero-order chi connectivity index (χ0) is 13.5. The highest BCUT2D eigenvalue weighted by Crippen LogP contribution is 2.28. The van der Waals surface area contributed by atoms with Gasteiger partial charge in [0.1, 0.15) is 0 Å². The normalized spacial score (nSPS) is 12.3. The predicted molar refractivity (Wildman–Crippen MR) is 82.6 cm³/mol. The molecule has 0 saturated heterocycles. The highest BCUT2D eigenvalue weighted by Gasteiger charge is 2.13. The van der Waals surface area contributed by atoms with Gasteiger partial charge in [-0.25, -0.2) is 0 Å². The molecule has 1 heterocycles. The monoisotopic (exact) mass is 272 g/mol. The number of hydrogen-bond acceptors (Lipinski definition) is 3. The summed E-state index contributed by atoms with van der Waals surface area (Å²) in [6.45, 7) is 2.86. The fourth-order valence-electron chi connectivity index (χ4n) is 2.24. The summed E-state index contributed by atoms with van der Waals surface area (Å²) in [6, 6.07) is 12.9. The van der Waals surface area contributed by atoms with E-state index in [-0.39, 0.29) is 0 Å². The molecule has 2 nitrogen and oxygen atoms in total. The molecule has 0 aliphatic heterocycles. The Labute approximate surface area is 119 Å². The van der Waals surface area contributed by atoms with Gasteiger partial charge >= 0.3 is 0 Å². The quantitative estimate of drug-likeness (QED) is 0.815. The number of thioether (sulfide) groups is 1. The minimum absolute atomic E-state index is 0.347. The van der Waals surface area contributed by atoms with Crippen LogP contribution in [0.15, 0.2) is 53.7 Å². The molecule has 2 N–H and O–H groups in total. The topological polar surface area (TPSA) is 38.9 Å². The molecular weight excluding hydrogens is 252 g/mol. The molecule has 2 rings (SSSR count). The number of nitrogens with zero attached hydrogens (tertiary/aromatic N) is 1. The summed E-state index contributed by atoms with van der Waals surface area (Å²) in [5.41, 5.74) is 8.32. The average Bonchev–Trinajstić information content (AvgIpc) is 2.47. The number of hydrogen-bond donors (Lipinski definition) is 1. The standard InChI is InChI=1S/C16H20N2S/c1-2-19-15-7-5-13(6-8-15)16(9-10-17)14-4-3-11-18-12-14/h3-8,11-12,16H,2,9-10,17H2,1H3. The van der Waals surface area contributed by atoms with Crippen molar-refractivity contribution in [3.8, 4) is 0 Å². The Balaban J connectivity index is 2.24. The van der Waals surface area contributed by atoms with E-state index in [1.165, 1.54) is 16.0 Å². The van der Waals surface area contributed by atoms with E-state index < -0.39 is 0 Å². The van der Waals surface area contributed by atoms with Gasteiger partial charge in [-0.1, -0.05) is 25.1 Å². The molecule has 0 aliphatic rings. The van der Waals surface area contributed by atoms with E-state index in [2.05, 4.69) is 42.2 Å². The predicted octanol–water partition coefficient (Wildman–Crippen LogP) is 3.67. The summed E-state index contributed by atoms with van der Waals surface area (Å²) in [6.07, 6.45) is 4.70. The van der Waals surface area contributed by atoms with Crippen LogP contribution >= 0.6 is 11.8 Å². The lowest BCUT2D eigenvalue weighted by Gasteiger charge is -2.17. The maximum absolute atomic E-state index is 5.76. The van der Waals surface area contributed by atoms with Crippen LogP contribution in [0.5, 0.6) is 0 Å². The van der Waals surface area contributed by atoms with Crippen LogP contribution in [0.1, 0.15) is 30.4 Å². The van der Waals surface area contributed by atoms with E-state index >= 15 is 0 Å². The van der Waals surface area contributed by atoms with Crippen molar-refractivity contribution in [3.05, 3.63) is 59.9 Å². The first-order chi connectivity index (χ1) is 9.35. The molecule has 0 aliphatic carbocycles. The van der Waals surface area contributed by atoms with Gasteiger partial charge in [0.05, 0.1) is 0 Å². The lowest BCUT2D eigenvalue weighted by atomic mass is 9.90. The summed E-state index contributed by atoms with van der Waals surface area (Å²) in [5.74, 6) is 1.45. The van der Waals surface area contributed by atoms with E-state index in [0.29, 0.717) is 12.5 Å². The molecule has 1 atom stereocenters. The summed E-state index contributed by atoms with van der Waals surface area (Å²) < 4.78 is 0. The first kappa shape index (κ1) is 14.1. The van der Waals surface area contributed by atoms with Gasteiger partial charge in [-0.05, 0) is 48.0 Å². The summed E-state index contributed by atoms with van der Waals surface area (Å²) >= 11 is 1.87. The lowest BCUT2D eigenvalue weighted by Crippen LogP contribution is -2.09. The fraction of sp³-hybridized carbons (Fsp3) is 0.312. The third kappa shape index (κ3) is 3.82. The van der Waals surface area contributed by atoms with Crippen molar-refractivity contribution in [1.82, 2.24) is 4.98 Å². The summed E-state index contributed by atoms with van der Waals surface area (Å²) in [7, 11) is 0. The van der Waals surface area contributed by atoms with E-state index in [0.717, 1.165) is 12.2 Å². The molecule has 1 aromatic heterocycles. The van der Waals surface area contributed by atoms with Gasteiger partial charge in [0.25, 0.3) is 0 Å². The Kier molecular flexibility index (Phi) is 5.43. The van der Waals surface area contributed by atoms with Crippen molar-refractivity contribution in [2.75, 3.05) is 12.3 Å². The first-order valence-electron chi connectivity index (χ1n) is 6.68. The minimum Gasteiger partial charge on any atom is -0.330 e. The molecule has 0 spiro atoms. The number of rotatable bonds is 6. The molecule has 1 aromatic carbocycles. The maximum atomic E-state index is 5.76. The second-order valence-electron chi connectivity index (χ2n) is 4.42. The van der Waals surface area contributed by atoms with Crippen molar-refractivity contribution in [1.29, 1.82) is 0 Å². The average molecular weight is 272 g/mol. The summed E-state index contributed by atoms with van der Waals surface area (Å²) in [5, 5.41) is 0. The van der Waals surface area contributed by atoms with Crippen LogP contribution in [0, 0.1) is 0 Å². The second kappa shape index (κ2) is 7.31. The molecule has 0 saturated carbocycles. The van der Waals surface area contributed by atoms with Crippen LogP contribution in [0.25, 0.3) is 0 Å². The molecular formula is C16H20N2S. The van der Waals surface area contributed by atoms with Crippen molar-refractivity contribution in [2.45, 2.75) is 24.2 Å². The van der Waals surface area contributed by atoms with Crippen molar-refractivity contribution < 1.29 is 0 Å². The molecule has 19 heavy (non-hydrogen) atoms. The molecule has 0 amide bonds. The largest absolute Gasteiger partial charge is 0.330 e. The molecule has 0 fully saturated rings. The van der Waals surface area contributed by atoms with Crippen molar-refractivity contribution in [3.63, 3.8) is 0 Å². The van der Waals surface area contributed by atoms with Gasteiger partial charge in [0, 0.05) is 23.2 Å². The third-order valence-corrected chi connectivity index (χ3v) is 4.03. The minimum atomic E-state index is 0.347. The Morgan fingerprint density at radius 1 is 1.16 bits per heavy atom. The molecule has 1 unspecified atom stereocenters. The van der Waals surface area contributed by atoms with Crippen LogP contribution < -0.4 is 5.73 Å². The zero-order valence-corrected chi connectivity index (χ0v) is 12.1. The van der Waals surface area contributed by atoms with Gasteiger partial charge < -0.3 is 5.73 Å². The van der Waals surface area contributed by atoms with Gasteiger partial charge in [-0.15, -0.1) is 11.8 Å². The molecule has 100 valence electrons. The van der Waals surface area contributed by atoms with E-state index in [9.17, 15) is 0 Å². The summed E-state index contributed by atoms with van der Waals surface area (Å²) in [4.78, 5) is 5.54. The number of nitrogens with two attached hydrogens (primary N) is 1. The second-order valence-corrected chi connectivity index (χ2v) is 5.76. The zero-order valence-electron chi connectivity index (χ0n) is 11.3. The Morgan fingerprint density at radius 3 is 2.53 bits per heavy atom. The molecule has 0 radical (unpaired) electrons. The van der Waals surface area contributed by atoms with E-state index in [1.54, 1.807) is 0 Å². The van der Waals surface area contributed by atoms with E-state index in [1.807, 2.05) is 30.2 Å². The molecule has 2 aromatic rings. The Morgan fingerprint density at radius 2 is 1.95 bits per heavy atom. The van der Waals surface area contributed by atoms with Crippen LogP contribution in [-0.4, -0.2) is 17.3 Å². The lowest BCUT2D eigenvalue weighted by molar-refractivity contribution is 0.722. The smallest absolute Gasteiger partial charge is 0.0306 e. The number of benzene rings is 1. The number of aromatic nitrogens is 1. The van der Waals surface area contributed by atoms with Crippen LogP contribution in [0.2, 0.25) is 0 Å². The maximum Gasteiger partial charge on any atom is 0.0306 e. The Bertz CT molecular complexity index is 482. The molecule has 3 heteroatoms. The number of pyridine rings is 1. The van der Waals surface area contributed by atoms with Gasteiger partial charge in [-0.3, -0.25) is 4.98 Å². The van der Waals surface area contributed by atoms with Gasteiger partial charge in [0.15, 0.2) is 0 Å².